The van der Waals surface area contributed by atoms with Crippen molar-refractivity contribution < 1.29 is 5.11 Å². The molecule has 2 aromatic rings. The first-order valence-corrected chi connectivity index (χ1v) is 6.89. The summed E-state index contributed by atoms with van der Waals surface area (Å²) in [6, 6.07) is 13.1. The molecule has 0 aliphatic heterocycles. The van der Waals surface area contributed by atoms with E-state index in [1.807, 2.05) is 30.3 Å². The zero-order chi connectivity index (χ0) is 12.3. The van der Waals surface area contributed by atoms with Gasteiger partial charge in [-0.1, -0.05) is 28.1 Å². The highest BCUT2D eigenvalue weighted by molar-refractivity contribution is 9.10. The molecule has 3 N–H and O–H groups in total. The van der Waals surface area contributed by atoms with Crippen LogP contribution in [0.4, 0.5) is 5.69 Å². The topological polar surface area (TPSA) is 46.2 Å². The van der Waals surface area contributed by atoms with Gasteiger partial charge in [0, 0.05) is 20.8 Å². The number of halogens is 1. The number of thioether (sulfide) groups is 1. The third-order valence-corrected chi connectivity index (χ3v) is 3.93. The van der Waals surface area contributed by atoms with Crippen LogP contribution in [0.3, 0.4) is 0 Å². The Bertz CT molecular complexity index is 531. The van der Waals surface area contributed by atoms with Crippen LogP contribution in [0.2, 0.25) is 0 Å². The number of phenols is 1. The minimum absolute atomic E-state index is 0.298. The average Bonchev–Trinajstić information content (AvgIpc) is 2.28. The molecule has 0 saturated heterocycles. The third kappa shape index (κ3) is 3.41. The standard InChI is InChI=1S/C13H12BrNOS/c14-10-4-5-13(12(15)7-10)17-8-9-2-1-3-11(16)6-9/h1-7,16H,8,15H2. The fourth-order valence-corrected chi connectivity index (χ4v) is 2.73. The lowest BCUT2D eigenvalue weighted by atomic mass is 10.2. The summed E-state index contributed by atoms with van der Waals surface area (Å²) in [4.78, 5) is 1.05. The second-order valence-electron chi connectivity index (χ2n) is 3.64. The van der Waals surface area contributed by atoms with Crippen molar-refractivity contribution in [3.8, 4) is 5.75 Å². The molecule has 0 saturated carbocycles. The predicted molar refractivity (Wildman–Crippen MR) is 76.2 cm³/mol. The van der Waals surface area contributed by atoms with E-state index in [9.17, 15) is 5.11 Å². The van der Waals surface area contributed by atoms with Crippen molar-refractivity contribution >= 4 is 33.4 Å². The van der Waals surface area contributed by atoms with E-state index < -0.39 is 0 Å². The molecule has 0 fully saturated rings. The van der Waals surface area contributed by atoms with Gasteiger partial charge in [0.25, 0.3) is 0 Å². The molecule has 2 rings (SSSR count). The minimum Gasteiger partial charge on any atom is -0.508 e. The molecular weight excluding hydrogens is 298 g/mol. The Kier molecular flexibility index (Phi) is 3.97. The summed E-state index contributed by atoms with van der Waals surface area (Å²) >= 11 is 5.04. The maximum atomic E-state index is 9.36. The Labute approximate surface area is 113 Å². The number of anilines is 1. The Morgan fingerprint density at radius 3 is 2.71 bits per heavy atom. The largest absolute Gasteiger partial charge is 0.508 e. The van der Waals surface area contributed by atoms with Gasteiger partial charge in [-0.25, -0.2) is 0 Å². The molecule has 0 amide bonds. The summed E-state index contributed by atoms with van der Waals surface area (Å²) in [5.41, 5.74) is 7.76. The molecule has 0 radical (unpaired) electrons. The number of hydrogen-bond donors (Lipinski definition) is 2. The van der Waals surface area contributed by atoms with Crippen LogP contribution in [0.25, 0.3) is 0 Å². The van der Waals surface area contributed by atoms with E-state index in [2.05, 4.69) is 15.9 Å². The van der Waals surface area contributed by atoms with Crippen molar-refractivity contribution in [2.75, 3.05) is 5.73 Å². The van der Waals surface area contributed by atoms with Gasteiger partial charge in [-0.15, -0.1) is 11.8 Å². The summed E-state index contributed by atoms with van der Waals surface area (Å²) in [7, 11) is 0. The van der Waals surface area contributed by atoms with Crippen molar-refractivity contribution in [1.29, 1.82) is 0 Å². The van der Waals surface area contributed by atoms with Crippen LogP contribution in [-0.2, 0) is 5.75 Å². The maximum Gasteiger partial charge on any atom is 0.115 e. The van der Waals surface area contributed by atoms with Crippen LogP contribution in [0.15, 0.2) is 51.8 Å². The monoisotopic (exact) mass is 309 g/mol. The molecule has 0 atom stereocenters. The van der Waals surface area contributed by atoms with Gasteiger partial charge in [0.05, 0.1) is 0 Å². The van der Waals surface area contributed by atoms with Gasteiger partial charge >= 0.3 is 0 Å². The van der Waals surface area contributed by atoms with E-state index >= 15 is 0 Å². The Morgan fingerprint density at radius 2 is 2.00 bits per heavy atom. The molecule has 2 nitrogen and oxygen atoms in total. The SMILES string of the molecule is Nc1cc(Br)ccc1SCc1cccc(O)c1. The average molecular weight is 310 g/mol. The molecule has 0 aromatic heterocycles. The molecule has 0 unspecified atom stereocenters. The van der Waals surface area contributed by atoms with Gasteiger partial charge in [-0.2, -0.15) is 0 Å². The van der Waals surface area contributed by atoms with Gasteiger partial charge < -0.3 is 10.8 Å². The van der Waals surface area contributed by atoms with E-state index in [4.69, 9.17) is 5.73 Å². The van der Waals surface area contributed by atoms with Gasteiger partial charge in [0.2, 0.25) is 0 Å². The van der Waals surface area contributed by atoms with Gasteiger partial charge in [0.1, 0.15) is 5.75 Å². The van der Waals surface area contributed by atoms with Crippen LogP contribution in [-0.4, -0.2) is 5.11 Å². The third-order valence-electron chi connectivity index (χ3n) is 2.28. The first-order valence-electron chi connectivity index (χ1n) is 5.11. The smallest absolute Gasteiger partial charge is 0.115 e. The highest BCUT2D eigenvalue weighted by Crippen LogP contribution is 2.30. The molecule has 0 aliphatic carbocycles. The normalized spacial score (nSPS) is 10.4. The summed E-state index contributed by atoms with van der Waals surface area (Å²) in [6.07, 6.45) is 0. The van der Waals surface area contributed by atoms with Gasteiger partial charge in [-0.3, -0.25) is 0 Å². The van der Waals surface area contributed by atoms with Crippen molar-refractivity contribution in [2.24, 2.45) is 0 Å². The second-order valence-corrected chi connectivity index (χ2v) is 5.57. The van der Waals surface area contributed by atoms with Crippen LogP contribution in [0, 0.1) is 0 Å². The lowest BCUT2D eigenvalue weighted by molar-refractivity contribution is 0.475. The van der Waals surface area contributed by atoms with Crippen molar-refractivity contribution in [1.82, 2.24) is 0 Å². The Morgan fingerprint density at radius 1 is 1.18 bits per heavy atom. The van der Waals surface area contributed by atoms with Crippen LogP contribution < -0.4 is 5.73 Å². The molecular formula is C13H12BrNOS. The van der Waals surface area contributed by atoms with Crippen molar-refractivity contribution in [3.05, 3.63) is 52.5 Å². The molecule has 0 spiro atoms. The Balaban J connectivity index is 2.07. The number of nitrogens with two attached hydrogens (primary N) is 1. The fourth-order valence-electron chi connectivity index (χ4n) is 1.46. The number of aromatic hydroxyl groups is 1. The summed E-state index contributed by atoms with van der Waals surface area (Å²) in [5, 5.41) is 9.36. The minimum atomic E-state index is 0.298. The molecule has 0 heterocycles. The number of benzene rings is 2. The van der Waals surface area contributed by atoms with E-state index in [-0.39, 0.29) is 0 Å². The molecule has 2 aromatic carbocycles. The summed E-state index contributed by atoms with van der Waals surface area (Å²) in [5.74, 6) is 1.09. The molecule has 4 heteroatoms. The highest BCUT2D eigenvalue weighted by Gasteiger charge is 2.02. The maximum absolute atomic E-state index is 9.36. The first kappa shape index (κ1) is 12.3. The number of nitrogen functional groups attached to an aromatic ring is 1. The number of phenolic OH excluding ortho intramolecular Hbond substituents is 1. The number of hydrogen-bond acceptors (Lipinski definition) is 3. The summed E-state index contributed by atoms with van der Waals surface area (Å²) in [6.45, 7) is 0. The van der Waals surface area contributed by atoms with Gasteiger partial charge in [0.15, 0.2) is 0 Å². The van der Waals surface area contributed by atoms with Crippen LogP contribution in [0.1, 0.15) is 5.56 Å². The molecule has 88 valence electrons. The van der Waals surface area contributed by atoms with Crippen molar-refractivity contribution in [3.63, 3.8) is 0 Å². The van der Waals surface area contributed by atoms with Crippen LogP contribution in [0.5, 0.6) is 5.75 Å². The van der Waals surface area contributed by atoms with E-state index in [0.29, 0.717) is 5.75 Å². The molecule has 0 bridgehead atoms. The lowest BCUT2D eigenvalue weighted by Crippen LogP contribution is -1.89. The Hall–Kier alpha value is -1.13. The second kappa shape index (κ2) is 5.47. The quantitative estimate of drug-likeness (QED) is 0.664. The van der Waals surface area contributed by atoms with E-state index in [1.54, 1.807) is 23.9 Å². The molecule has 17 heavy (non-hydrogen) atoms. The predicted octanol–water partition coefficient (Wildman–Crippen LogP) is 4.03. The first-order chi connectivity index (χ1) is 8.15. The summed E-state index contributed by atoms with van der Waals surface area (Å²) < 4.78 is 0.983. The highest BCUT2D eigenvalue weighted by atomic mass is 79.9. The molecule has 0 aliphatic rings. The lowest BCUT2D eigenvalue weighted by Gasteiger charge is -2.06. The van der Waals surface area contributed by atoms with Crippen molar-refractivity contribution in [2.45, 2.75) is 10.6 Å². The van der Waals surface area contributed by atoms with E-state index in [1.165, 1.54) is 0 Å². The van der Waals surface area contributed by atoms with Crippen LogP contribution >= 0.6 is 27.7 Å². The van der Waals surface area contributed by atoms with E-state index in [0.717, 1.165) is 26.4 Å². The number of rotatable bonds is 3. The van der Waals surface area contributed by atoms with Gasteiger partial charge in [-0.05, 0) is 35.9 Å². The zero-order valence-corrected chi connectivity index (χ0v) is 11.5. The fraction of sp³-hybridized carbons (Fsp3) is 0.0769. The zero-order valence-electron chi connectivity index (χ0n) is 9.06.